The second kappa shape index (κ2) is 8.91. The molecule has 0 bridgehead atoms. The molecule has 1 aliphatic rings. The highest BCUT2D eigenvalue weighted by Gasteiger charge is 2.30. The molecule has 0 aromatic heterocycles. The van der Waals surface area contributed by atoms with Crippen molar-refractivity contribution >= 4 is 17.3 Å². The predicted octanol–water partition coefficient (Wildman–Crippen LogP) is 3.70. The number of hydrogen-bond donors (Lipinski definition) is 1. The van der Waals surface area contributed by atoms with Crippen LogP contribution in [0.3, 0.4) is 0 Å². The number of anilines is 1. The lowest BCUT2D eigenvalue weighted by Crippen LogP contribution is -2.33. The maximum atomic E-state index is 12.7. The Morgan fingerprint density at radius 2 is 2.07 bits per heavy atom. The average Bonchev–Trinajstić information content (AvgIpc) is 3.16. The molecular weight excluding hydrogens is 374 g/mol. The Hall–Kier alpha value is -3.13. The van der Waals surface area contributed by atoms with Crippen LogP contribution >= 0.6 is 0 Å². The van der Waals surface area contributed by atoms with E-state index in [1.807, 2.05) is 18.2 Å². The van der Waals surface area contributed by atoms with Crippen LogP contribution in [-0.4, -0.2) is 43.0 Å². The summed E-state index contributed by atoms with van der Waals surface area (Å²) in [7, 11) is 3.25. The van der Waals surface area contributed by atoms with Gasteiger partial charge in [-0.3, -0.25) is 19.8 Å². The Morgan fingerprint density at radius 3 is 2.76 bits per heavy atom. The van der Waals surface area contributed by atoms with Gasteiger partial charge in [0.1, 0.15) is 11.5 Å². The number of benzene rings is 2. The molecule has 1 heterocycles. The van der Waals surface area contributed by atoms with E-state index in [9.17, 15) is 14.9 Å². The molecule has 0 spiro atoms. The van der Waals surface area contributed by atoms with Gasteiger partial charge in [-0.15, -0.1) is 0 Å². The lowest BCUT2D eigenvalue weighted by molar-refractivity contribution is -0.385. The maximum absolute atomic E-state index is 12.7. The number of hydrogen-bond acceptors (Lipinski definition) is 6. The fraction of sp³-hybridized carbons (Fsp3) is 0.381. The summed E-state index contributed by atoms with van der Waals surface area (Å²) in [5.74, 6) is 1.30. The lowest BCUT2D eigenvalue weighted by Gasteiger charge is -2.26. The normalized spacial score (nSPS) is 16.4. The van der Waals surface area contributed by atoms with Crippen LogP contribution in [-0.2, 0) is 4.79 Å². The molecule has 8 nitrogen and oxygen atoms in total. The van der Waals surface area contributed by atoms with Crippen LogP contribution in [0.2, 0.25) is 0 Å². The highest BCUT2D eigenvalue weighted by Crippen LogP contribution is 2.38. The molecular formula is C21H25N3O5. The topological polar surface area (TPSA) is 93.9 Å². The fourth-order valence-electron chi connectivity index (χ4n) is 3.80. The van der Waals surface area contributed by atoms with E-state index in [0.717, 1.165) is 36.4 Å². The van der Waals surface area contributed by atoms with E-state index in [1.165, 1.54) is 6.07 Å². The summed E-state index contributed by atoms with van der Waals surface area (Å²) in [6, 6.07) is 10.4. The highest BCUT2D eigenvalue weighted by molar-refractivity contribution is 5.93. The third kappa shape index (κ3) is 4.48. The smallest absolute Gasteiger partial charge is 0.274 e. The van der Waals surface area contributed by atoms with Crippen molar-refractivity contribution in [2.45, 2.75) is 25.8 Å². The largest absolute Gasteiger partial charge is 0.497 e. The van der Waals surface area contributed by atoms with E-state index >= 15 is 0 Å². The number of likely N-dealkylation sites (tertiary alicyclic amines) is 1. The zero-order chi connectivity index (χ0) is 21.0. The quantitative estimate of drug-likeness (QED) is 0.564. The van der Waals surface area contributed by atoms with E-state index in [-0.39, 0.29) is 24.2 Å². The minimum Gasteiger partial charge on any atom is -0.497 e. The first-order valence-electron chi connectivity index (χ1n) is 9.44. The van der Waals surface area contributed by atoms with Crippen LogP contribution in [0.4, 0.5) is 11.4 Å². The minimum absolute atomic E-state index is 0.0111. The number of nitro groups is 1. The van der Waals surface area contributed by atoms with Crippen molar-refractivity contribution in [3.63, 3.8) is 0 Å². The van der Waals surface area contributed by atoms with Crippen molar-refractivity contribution in [1.82, 2.24) is 4.90 Å². The molecule has 1 amide bonds. The predicted molar refractivity (Wildman–Crippen MR) is 110 cm³/mol. The third-order valence-corrected chi connectivity index (χ3v) is 5.28. The number of carbonyl (C=O) groups excluding carboxylic acids is 1. The van der Waals surface area contributed by atoms with Crippen LogP contribution in [0.15, 0.2) is 36.4 Å². The second-order valence-electron chi connectivity index (χ2n) is 6.99. The molecule has 1 aliphatic heterocycles. The van der Waals surface area contributed by atoms with Gasteiger partial charge in [0.25, 0.3) is 5.69 Å². The Labute approximate surface area is 169 Å². The lowest BCUT2D eigenvalue weighted by atomic mass is 10.0. The van der Waals surface area contributed by atoms with Gasteiger partial charge in [-0.25, -0.2) is 0 Å². The highest BCUT2D eigenvalue weighted by atomic mass is 16.6. The standard InChI is InChI=1S/C21H25N3O5/c1-14-17(6-4-7-18(14)24(26)27)22-21(25)13-23-11-5-8-19(23)16-12-15(28-2)9-10-20(16)29-3/h4,6-7,9-10,12,19H,5,8,11,13H2,1-3H3,(H,22,25)/t19-/m0/s1. The Balaban J connectivity index is 1.76. The number of methoxy groups -OCH3 is 2. The third-order valence-electron chi connectivity index (χ3n) is 5.28. The van der Waals surface area contributed by atoms with Crippen LogP contribution in [0, 0.1) is 17.0 Å². The number of nitro benzene ring substituents is 1. The second-order valence-corrected chi connectivity index (χ2v) is 6.99. The van der Waals surface area contributed by atoms with Gasteiger partial charge >= 0.3 is 0 Å². The van der Waals surface area contributed by atoms with Crippen molar-refractivity contribution in [1.29, 1.82) is 0 Å². The van der Waals surface area contributed by atoms with Crippen molar-refractivity contribution in [2.75, 3.05) is 32.6 Å². The first kappa shape index (κ1) is 20.6. The molecule has 3 rings (SSSR count). The van der Waals surface area contributed by atoms with Gasteiger partial charge in [0.05, 0.1) is 36.9 Å². The molecule has 1 fully saturated rings. The Morgan fingerprint density at radius 1 is 1.28 bits per heavy atom. The minimum atomic E-state index is -0.448. The molecule has 2 aromatic carbocycles. The molecule has 154 valence electrons. The Bertz CT molecular complexity index is 915. The average molecular weight is 399 g/mol. The molecule has 0 unspecified atom stereocenters. The summed E-state index contributed by atoms with van der Waals surface area (Å²) >= 11 is 0. The fourth-order valence-corrected chi connectivity index (χ4v) is 3.80. The van der Waals surface area contributed by atoms with Crippen molar-refractivity contribution in [3.8, 4) is 11.5 Å². The van der Waals surface area contributed by atoms with Crippen molar-refractivity contribution in [3.05, 3.63) is 57.6 Å². The van der Waals surface area contributed by atoms with Gasteiger partial charge in [0.2, 0.25) is 5.91 Å². The van der Waals surface area contributed by atoms with Gasteiger partial charge in [-0.1, -0.05) is 6.07 Å². The molecule has 0 saturated carbocycles. The molecule has 8 heteroatoms. The molecule has 1 saturated heterocycles. The molecule has 2 aromatic rings. The zero-order valence-corrected chi connectivity index (χ0v) is 16.8. The Kier molecular flexibility index (Phi) is 6.33. The van der Waals surface area contributed by atoms with Gasteiger partial charge in [0.15, 0.2) is 0 Å². The van der Waals surface area contributed by atoms with Gasteiger partial charge < -0.3 is 14.8 Å². The van der Waals surface area contributed by atoms with E-state index in [0.29, 0.717) is 11.3 Å². The molecule has 1 atom stereocenters. The van der Waals surface area contributed by atoms with E-state index in [2.05, 4.69) is 10.2 Å². The number of amides is 1. The van der Waals surface area contributed by atoms with E-state index in [1.54, 1.807) is 33.3 Å². The summed E-state index contributed by atoms with van der Waals surface area (Å²) < 4.78 is 10.9. The van der Waals surface area contributed by atoms with E-state index < -0.39 is 4.92 Å². The van der Waals surface area contributed by atoms with Crippen LogP contribution < -0.4 is 14.8 Å². The zero-order valence-electron chi connectivity index (χ0n) is 16.8. The van der Waals surface area contributed by atoms with Gasteiger partial charge in [-0.05, 0) is 50.6 Å². The van der Waals surface area contributed by atoms with Crippen molar-refractivity contribution in [2.24, 2.45) is 0 Å². The van der Waals surface area contributed by atoms with Gasteiger partial charge in [-0.2, -0.15) is 0 Å². The number of rotatable bonds is 7. The van der Waals surface area contributed by atoms with Gasteiger partial charge in [0, 0.05) is 17.7 Å². The van der Waals surface area contributed by atoms with Crippen LogP contribution in [0.25, 0.3) is 0 Å². The number of ether oxygens (including phenoxy) is 2. The first-order chi connectivity index (χ1) is 13.9. The first-order valence-corrected chi connectivity index (χ1v) is 9.44. The summed E-state index contributed by atoms with van der Waals surface area (Å²) in [6.07, 6.45) is 1.88. The molecule has 29 heavy (non-hydrogen) atoms. The van der Waals surface area contributed by atoms with Crippen molar-refractivity contribution < 1.29 is 19.2 Å². The number of carbonyl (C=O) groups is 1. The molecule has 1 N–H and O–H groups in total. The number of nitrogens with one attached hydrogen (secondary N) is 1. The molecule has 0 aliphatic carbocycles. The maximum Gasteiger partial charge on any atom is 0.274 e. The molecule has 0 radical (unpaired) electrons. The van der Waals surface area contributed by atoms with Crippen LogP contribution in [0.5, 0.6) is 11.5 Å². The summed E-state index contributed by atoms with van der Waals surface area (Å²) in [5.41, 5.74) is 1.88. The summed E-state index contributed by atoms with van der Waals surface area (Å²) in [6.45, 7) is 2.60. The monoisotopic (exact) mass is 399 g/mol. The summed E-state index contributed by atoms with van der Waals surface area (Å²) in [4.78, 5) is 25.4. The van der Waals surface area contributed by atoms with Crippen LogP contribution in [0.1, 0.15) is 30.0 Å². The number of nitrogens with zero attached hydrogens (tertiary/aromatic N) is 2. The SMILES string of the molecule is COc1ccc(OC)c([C@@H]2CCCN2CC(=O)Nc2cccc([N+](=O)[O-])c2C)c1. The summed E-state index contributed by atoms with van der Waals surface area (Å²) in [5, 5.41) is 13.9. The van der Waals surface area contributed by atoms with E-state index in [4.69, 9.17) is 9.47 Å².